The monoisotopic (exact) mass is 353 g/mol. The molecule has 3 rings (SSSR count). The predicted octanol–water partition coefficient (Wildman–Crippen LogP) is 2.35. The molecular weight excluding hydrogens is 326 g/mol. The van der Waals surface area contributed by atoms with Gasteiger partial charge in [-0.3, -0.25) is 4.79 Å². The fraction of sp³-hybridized carbons (Fsp3) is 0.450. The Hall–Kier alpha value is -2.47. The minimum Gasteiger partial charge on any atom is -0.370 e. The van der Waals surface area contributed by atoms with Crippen LogP contribution < -0.4 is 5.32 Å². The molecule has 2 aromatic rings. The van der Waals surface area contributed by atoms with Crippen LogP contribution in [0.5, 0.6) is 0 Å². The fourth-order valence-electron chi connectivity index (χ4n) is 3.21. The number of amides is 1. The second-order valence-corrected chi connectivity index (χ2v) is 7.01. The fourth-order valence-corrected chi connectivity index (χ4v) is 3.21. The molecule has 0 unspecified atom stereocenters. The summed E-state index contributed by atoms with van der Waals surface area (Å²) in [6.45, 7) is 5.02. The van der Waals surface area contributed by atoms with E-state index in [0.29, 0.717) is 18.1 Å². The van der Waals surface area contributed by atoms with E-state index in [1.54, 1.807) is 6.07 Å². The largest absolute Gasteiger partial charge is 0.370 e. The van der Waals surface area contributed by atoms with Crippen LogP contribution in [0.4, 0.5) is 5.82 Å². The molecule has 0 spiro atoms. The molecule has 1 aromatic carbocycles. The van der Waals surface area contributed by atoms with Gasteiger partial charge in [-0.1, -0.05) is 24.3 Å². The number of carbonyl (C=O) groups excluding carboxylic acids is 1. The molecule has 0 bridgehead atoms. The normalized spacial score (nSPS) is 13.6. The van der Waals surface area contributed by atoms with Gasteiger partial charge in [0.2, 0.25) is 0 Å². The van der Waals surface area contributed by atoms with Crippen LogP contribution in [-0.4, -0.2) is 59.4 Å². The van der Waals surface area contributed by atoms with Gasteiger partial charge >= 0.3 is 0 Å². The number of anilines is 1. The molecule has 0 fully saturated rings. The van der Waals surface area contributed by atoms with Crippen LogP contribution in [0.1, 0.15) is 33.9 Å². The summed E-state index contributed by atoms with van der Waals surface area (Å²) < 4.78 is 0. The van der Waals surface area contributed by atoms with Crippen LogP contribution in [-0.2, 0) is 13.0 Å². The summed E-state index contributed by atoms with van der Waals surface area (Å²) in [7, 11) is 4.12. The Morgan fingerprint density at radius 3 is 2.77 bits per heavy atom. The Kier molecular flexibility index (Phi) is 5.83. The first-order valence-electron chi connectivity index (χ1n) is 9.13. The van der Waals surface area contributed by atoms with Crippen molar-refractivity contribution >= 4 is 11.7 Å². The predicted molar refractivity (Wildman–Crippen MR) is 103 cm³/mol. The standard InChI is InChI=1S/C20H27N5O/c1-15-22-18(13-19(23-15)21-10-6-11-24(2)3)20(26)25-12-9-16-7-4-5-8-17(16)14-25/h4-5,7-8,13H,6,9-12,14H2,1-3H3,(H,21,22,23). The first-order chi connectivity index (χ1) is 12.5. The lowest BCUT2D eigenvalue weighted by atomic mass is 10.00. The Morgan fingerprint density at radius 2 is 2.00 bits per heavy atom. The quantitative estimate of drug-likeness (QED) is 0.808. The Morgan fingerprint density at radius 1 is 1.23 bits per heavy atom. The van der Waals surface area contributed by atoms with Crippen molar-refractivity contribution < 1.29 is 4.79 Å². The van der Waals surface area contributed by atoms with E-state index < -0.39 is 0 Å². The van der Waals surface area contributed by atoms with Gasteiger partial charge in [0.1, 0.15) is 17.3 Å². The molecule has 6 heteroatoms. The van der Waals surface area contributed by atoms with Gasteiger partial charge in [0.05, 0.1) is 0 Å². The zero-order valence-corrected chi connectivity index (χ0v) is 15.8. The van der Waals surface area contributed by atoms with Crippen LogP contribution in [0.3, 0.4) is 0 Å². The number of hydrogen-bond donors (Lipinski definition) is 1. The van der Waals surface area contributed by atoms with E-state index in [1.165, 1.54) is 11.1 Å². The third-order valence-electron chi connectivity index (χ3n) is 4.56. The van der Waals surface area contributed by atoms with Crippen molar-refractivity contribution in [2.45, 2.75) is 26.3 Å². The Bertz CT molecular complexity index is 775. The summed E-state index contributed by atoms with van der Waals surface area (Å²) in [5.41, 5.74) is 3.02. The topological polar surface area (TPSA) is 61.4 Å². The third-order valence-corrected chi connectivity index (χ3v) is 4.56. The average Bonchev–Trinajstić information content (AvgIpc) is 2.63. The number of benzene rings is 1. The molecule has 1 aliphatic rings. The minimum atomic E-state index is -0.0265. The highest BCUT2D eigenvalue weighted by molar-refractivity contribution is 5.93. The molecule has 138 valence electrons. The van der Waals surface area contributed by atoms with Crippen molar-refractivity contribution in [1.29, 1.82) is 0 Å². The Labute approximate surface area is 155 Å². The molecule has 2 heterocycles. The molecule has 6 nitrogen and oxygen atoms in total. The summed E-state index contributed by atoms with van der Waals surface area (Å²) in [5, 5.41) is 3.31. The van der Waals surface area contributed by atoms with Crippen molar-refractivity contribution in [2.75, 3.05) is 39.0 Å². The van der Waals surface area contributed by atoms with E-state index in [0.717, 1.165) is 38.3 Å². The third kappa shape index (κ3) is 4.58. The zero-order chi connectivity index (χ0) is 18.5. The Balaban J connectivity index is 1.67. The van der Waals surface area contributed by atoms with Crippen molar-refractivity contribution in [3.63, 3.8) is 0 Å². The number of rotatable bonds is 6. The molecular formula is C20H27N5O. The van der Waals surface area contributed by atoms with Crippen molar-refractivity contribution in [3.05, 3.63) is 53.0 Å². The second kappa shape index (κ2) is 8.27. The highest BCUT2D eigenvalue weighted by Crippen LogP contribution is 2.20. The van der Waals surface area contributed by atoms with Crippen LogP contribution >= 0.6 is 0 Å². The van der Waals surface area contributed by atoms with E-state index >= 15 is 0 Å². The first-order valence-corrected chi connectivity index (χ1v) is 9.13. The molecule has 26 heavy (non-hydrogen) atoms. The van der Waals surface area contributed by atoms with E-state index in [2.05, 4.69) is 52.5 Å². The highest BCUT2D eigenvalue weighted by Gasteiger charge is 2.23. The molecule has 0 saturated heterocycles. The van der Waals surface area contributed by atoms with Gasteiger partial charge in [-0.05, 0) is 51.5 Å². The molecule has 1 aliphatic heterocycles. The average molecular weight is 353 g/mol. The van der Waals surface area contributed by atoms with Crippen LogP contribution in [0.2, 0.25) is 0 Å². The van der Waals surface area contributed by atoms with E-state index in [9.17, 15) is 4.79 Å². The van der Waals surface area contributed by atoms with Gasteiger partial charge in [0.25, 0.3) is 5.91 Å². The number of fused-ring (bicyclic) bond motifs is 1. The van der Waals surface area contributed by atoms with Crippen LogP contribution in [0.25, 0.3) is 0 Å². The molecule has 0 radical (unpaired) electrons. The SMILES string of the molecule is Cc1nc(NCCCN(C)C)cc(C(=O)N2CCc3ccccc3C2)n1. The summed E-state index contributed by atoms with van der Waals surface area (Å²) in [4.78, 5) is 25.7. The lowest BCUT2D eigenvalue weighted by Gasteiger charge is -2.28. The first kappa shape index (κ1) is 18.3. The lowest BCUT2D eigenvalue weighted by Crippen LogP contribution is -2.36. The number of aryl methyl sites for hydroxylation is 1. The molecule has 1 N–H and O–H groups in total. The van der Waals surface area contributed by atoms with E-state index in [-0.39, 0.29) is 5.91 Å². The molecule has 0 aliphatic carbocycles. The minimum absolute atomic E-state index is 0.0265. The maximum Gasteiger partial charge on any atom is 0.272 e. The summed E-state index contributed by atoms with van der Waals surface area (Å²) in [6.07, 6.45) is 1.91. The number of hydrogen-bond acceptors (Lipinski definition) is 5. The van der Waals surface area contributed by atoms with Gasteiger partial charge in [0.15, 0.2) is 0 Å². The maximum absolute atomic E-state index is 12.9. The van der Waals surface area contributed by atoms with Crippen LogP contribution in [0.15, 0.2) is 30.3 Å². The van der Waals surface area contributed by atoms with Gasteiger partial charge in [-0.15, -0.1) is 0 Å². The van der Waals surface area contributed by atoms with Crippen molar-refractivity contribution in [3.8, 4) is 0 Å². The summed E-state index contributed by atoms with van der Waals surface area (Å²) >= 11 is 0. The zero-order valence-electron chi connectivity index (χ0n) is 15.8. The van der Waals surface area contributed by atoms with Gasteiger partial charge in [0, 0.05) is 25.7 Å². The molecule has 1 aromatic heterocycles. The lowest BCUT2D eigenvalue weighted by molar-refractivity contribution is 0.0728. The molecule has 1 amide bonds. The van der Waals surface area contributed by atoms with Gasteiger partial charge < -0.3 is 15.1 Å². The van der Waals surface area contributed by atoms with E-state index in [1.807, 2.05) is 17.9 Å². The smallest absolute Gasteiger partial charge is 0.272 e. The number of nitrogens with zero attached hydrogens (tertiary/aromatic N) is 4. The van der Waals surface area contributed by atoms with Crippen molar-refractivity contribution in [2.24, 2.45) is 0 Å². The number of carbonyl (C=O) groups is 1. The van der Waals surface area contributed by atoms with Crippen LogP contribution in [0, 0.1) is 6.92 Å². The summed E-state index contributed by atoms with van der Waals surface area (Å²) in [5.74, 6) is 1.31. The molecule has 0 saturated carbocycles. The molecule has 0 atom stereocenters. The van der Waals surface area contributed by atoms with E-state index in [4.69, 9.17) is 0 Å². The van der Waals surface area contributed by atoms with Gasteiger partial charge in [-0.2, -0.15) is 0 Å². The highest BCUT2D eigenvalue weighted by atomic mass is 16.2. The van der Waals surface area contributed by atoms with Crippen molar-refractivity contribution in [1.82, 2.24) is 19.8 Å². The maximum atomic E-state index is 12.9. The summed E-state index contributed by atoms with van der Waals surface area (Å²) in [6, 6.07) is 10.1. The van der Waals surface area contributed by atoms with Gasteiger partial charge in [-0.25, -0.2) is 9.97 Å². The number of aromatic nitrogens is 2. The number of nitrogens with one attached hydrogen (secondary N) is 1. The second-order valence-electron chi connectivity index (χ2n) is 7.01.